The van der Waals surface area contributed by atoms with Gasteiger partial charge in [-0.05, 0) is 81.1 Å². The Morgan fingerprint density at radius 2 is 1.24 bits per heavy atom. The molecular formula is C27H44N6O8S. The van der Waals surface area contributed by atoms with Crippen molar-refractivity contribution in [1.82, 2.24) is 19.6 Å². The molecule has 0 aliphatic heterocycles. The summed E-state index contributed by atoms with van der Waals surface area (Å²) >= 11 is 0. The van der Waals surface area contributed by atoms with Gasteiger partial charge in [-0.1, -0.05) is 0 Å². The van der Waals surface area contributed by atoms with E-state index in [-0.39, 0.29) is 6.04 Å². The highest BCUT2D eigenvalue weighted by molar-refractivity contribution is 7.86. The molecule has 14 nitrogen and oxygen atoms in total. The second-order valence-electron chi connectivity index (χ2n) is 12.6. The van der Waals surface area contributed by atoms with Crippen molar-refractivity contribution in [2.45, 2.75) is 117 Å². The Labute approximate surface area is 247 Å². The first-order valence-electron chi connectivity index (χ1n) is 14.0. The van der Waals surface area contributed by atoms with Crippen molar-refractivity contribution < 1.29 is 36.8 Å². The molecule has 0 radical (unpaired) electrons. The Kier molecular flexibility index (Phi) is 10.00. The number of nitrogens with one attached hydrogen (secondary N) is 2. The average molecular weight is 613 g/mol. The molecule has 3 N–H and O–H groups in total. The fraction of sp³-hybridized carbons (Fsp3) is 0.704. The molecule has 2 aliphatic rings. The van der Waals surface area contributed by atoms with Crippen LogP contribution in [0, 0.1) is 0 Å². The van der Waals surface area contributed by atoms with Gasteiger partial charge in [0, 0.05) is 12.1 Å². The Balaban J connectivity index is 0.000000235. The summed E-state index contributed by atoms with van der Waals surface area (Å²) in [7, 11) is -3.58. The van der Waals surface area contributed by atoms with Gasteiger partial charge >= 0.3 is 12.2 Å². The predicted molar refractivity (Wildman–Crippen MR) is 156 cm³/mol. The van der Waals surface area contributed by atoms with Gasteiger partial charge in [0.05, 0.1) is 35.8 Å². The topological polar surface area (TPSA) is 176 Å². The Hall–Kier alpha value is -3.17. The molecule has 0 aromatic carbocycles. The van der Waals surface area contributed by atoms with Gasteiger partial charge in [0.1, 0.15) is 17.3 Å². The van der Waals surface area contributed by atoms with Gasteiger partial charge in [0.2, 0.25) is 0 Å². The Morgan fingerprint density at radius 1 is 0.857 bits per heavy atom. The maximum atomic E-state index is 11.8. The van der Waals surface area contributed by atoms with Crippen LogP contribution >= 0.6 is 0 Å². The number of aromatic nitrogens is 4. The molecule has 42 heavy (non-hydrogen) atoms. The van der Waals surface area contributed by atoms with Gasteiger partial charge in [-0.15, -0.1) is 0 Å². The second-order valence-corrected chi connectivity index (χ2v) is 14.2. The zero-order chi connectivity index (χ0) is 31.6. The molecule has 2 amide bonds. The number of aliphatic hydroxyl groups is 1. The number of carbonyl (C=O) groups is 2. The van der Waals surface area contributed by atoms with Crippen molar-refractivity contribution in [3.8, 4) is 0 Å². The lowest BCUT2D eigenvalue weighted by molar-refractivity contribution is 0.0623. The predicted octanol–water partition coefficient (Wildman–Crippen LogP) is 5.22. The molecule has 2 atom stereocenters. The normalized spacial score (nSPS) is 17.0. The smallest absolute Gasteiger partial charge is 0.413 e. The Morgan fingerprint density at radius 3 is 1.57 bits per heavy atom. The van der Waals surface area contributed by atoms with Gasteiger partial charge in [-0.3, -0.25) is 24.2 Å². The number of anilines is 2. The molecule has 2 unspecified atom stereocenters. The molecule has 15 heteroatoms. The van der Waals surface area contributed by atoms with Crippen molar-refractivity contribution >= 4 is 33.9 Å². The second kappa shape index (κ2) is 12.6. The van der Waals surface area contributed by atoms with Gasteiger partial charge in [0.15, 0.2) is 11.6 Å². The van der Waals surface area contributed by atoms with Gasteiger partial charge in [-0.25, -0.2) is 9.59 Å². The highest BCUT2D eigenvalue weighted by atomic mass is 32.2. The van der Waals surface area contributed by atoms with Crippen molar-refractivity contribution in [3.05, 3.63) is 23.5 Å². The number of ether oxygens (including phenoxy) is 2. The van der Waals surface area contributed by atoms with Crippen LogP contribution in [0.2, 0.25) is 0 Å². The zero-order valence-corrected chi connectivity index (χ0v) is 26.6. The van der Waals surface area contributed by atoms with E-state index in [9.17, 15) is 23.1 Å². The van der Waals surface area contributed by atoms with Crippen LogP contribution in [0.3, 0.4) is 0 Å². The number of amides is 2. The summed E-state index contributed by atoms with van der Waals surface area (Å²) in [5, 5.41) is 23.5. The molecule has 0 saturated heterocycles. The maximum Gasteiger partial charge on any atom is 0.413 e. The third kappa shape index (κ3) is 10.9. The van der Waals surface area contributed by atoms with Gasteiger partial charge < -0.3 is 14.6 Å². The van der Waals surface area contributed by atoms with Crippen LogP contribution in [0.15, 0.2) is 12.1 Å². The number of nitrogens with zero attached hydrogens (tertiary/aromatic N) is 4. The number of hydrogen-bond donors (Lipinski definition) is 3. The molecule has 0 spiro atoms. The molecular weight excluding hydrogens is 568 g/mol. The third-order valence-electron chi connectivity index (χ3n) is 5.74. The van der Waals surface area contributed by atoms with Crippen molar-refractivity contribution in [1.29, 1.82) is 0 Å². The first-order chi connectivity index (χ1) is 19.2. The maximum absolute atomic E-state index is 11.8. The minimum atomic E-state index is -3.58. The van der Waals surface area contributed by atoms with E-state index in [1.165, 1.54) is 0 Å². The van der Waals surface area contributed by atoms with Gasteiger partial charge in [0.25, 0.3) is 10.1 Å². The van der Waals surface area contributed by atoms with E-state index >= 15 is 0 Å². The first-order valence-corrected chi connectivity index (χ1v) is 15.8. The number of carbonyl (C=O) groups excluding carboxylic acids is 2. The number of rotatable bonds is 8. The summed E-state index contributed by atoms with van der Waals surface area (Å²) in [5.41, 5.74) is 0.159. The van der Waals surface area contributed by atoms with Crippen LogP contribution in [0.1, 0.15) is 117 Å². The first kappa shape index (κ1) is 33.3. The van der Waals surface area contributed by atoms with Crippen LogP contribution < -0.4 is 10.6 Å². The molecule has 2 saturated carbocycles. The monoisotopic (exact) mass is 612 g/mol. The molecule has 2 aliphatic carbocycles. The minimum absolute atomic E-state index is 0.213. The van der Waals surface area contributed by atoms with Gasteiger partial charge in [-0.2, -0.15) is 18.6 Å². The lowest BCUT2D eigenvalue weighted by Crippen LogP contribution is -2.27. The summed E-state index contributed by atoms with van der Waals surface area (Å²) in [6, 6.07) is 3.86. The zero-order valence-electron chi connectivity index (χ0n) is 25.8. The van der Waals surface area contributed by atoms with Crippen LogP contribution in [-0.2, 0) is 23.8 Å². The molecule has 2 aromatic heterocycles. The highest BCUT2D eigenvalue weighted by Gasteiger charge is 2.31. The minimum Gasteiger partial charge on any atom is -0.444 e. The van der Waals surface area contributed by atoms with Crippen molar-refractivity contribution in [2.75, 3.05) is 16.9 Å². The summed E-state index contributed by atoms with van der Waals surface area (Å²) in [4.78, 5) is 23.5. The third-order valence-corrected chi connectivity index (χ3v) is 6.37. The summed E-state index contributed by atoms with van der Waals surface area (Å²) < 4.78 is 41.5. The highest BCUT2D eigenvalue weighted by Crippen LogP contribution is 2.39. The largest absolute Gasteiger partial charge is 0.444 e. The molecule has 2 heterocycles. The van der Waals surface area contributed by atoms with Crippen LogP contribution in [0.4, 0.5) is 21.2 Å². The SMILES string of the molecule is CC(O)c1cc(NC(=O)OC(C)(C)C)nn1C1CC1.CC(OS(C)(=O)=O)c1cc(NC(=O)OC(C)(C)C)nn1C1CC1. The lowest BCUT2D eigenvalue weighted by Gasteiger charge is -2.19. The molecule has 4 rings (SSSR count). The fourth-order valence-corrected chi connectivity index (χ4v) is 4.53. The number of aliphatic hydroxyl groups excluding tert-OH is 1. The number of hydrogen-bond acceptors (Lipinski definition) is 10. The van der Waals surface area contributed by atoms with E-state index in [1.54, 1.807) is 76.9 Å². The van der Waals surface area contributed by atoms with Crippen molar-refractivity contribution in [2.24, 2.45) is 0 Å². The molecule has 236 valence electrons. The lowest BCUT2D eigenvalue weighted by atomic mass is 10.2. The van der Waals surface area contributed by atoms with Crippen LogP contribution in [0.5, 0.6) is 0 Å². The average Bonchev–Trinajstić information content (AvgIpc) is 3.71. The molecule has 2 fully saturated rings. The molecule has 2 aromatic rings. The van der Waals surface area contributed by atoms with E-state index < -0.39 is 45.7 Å². The van der Waals surface area contributed by atoms with E-state index in [1.807, 2.05) is 0 Å². The standard InChI is InChI=1S/C14H23N3O5S.C13H21N3O3/c1-9(22-23(5,19)20)11-8-12(16-17(11)10-6-7-10)15-13(18)21-14(2,3)4;1-8(17)10-7-11(15-16(10)9-5-6-9)14-12(18)19-13(2,3)4/h8-10H,6-7H2,1-5H3,(H,15,16,18);7-9,17H,5-6H2,1-4H3,(H,14,15,18). The quantitative estimate of drug-likeness (QED) is 0.335. The molecule has 0 bridgehead atoms. The Bertz CT molecular complexity index is 1340. The summed E-state index contributed by atoms with van der Waals surface area (Å²) in [6.07, 6.45) is 2.61. The summed E-state index contributed by atoms with van der Waals surface area (Å²) in [5.74, 6) is 0.724. The summed E-state index contributed by atoms with van der Waals surface area (Å²) in [6.45, 7) is 14.0. The van der Waals surface area contributed by atoms with Crippen LogP contribution in [0.25, 0.3) is 0 Å². The van der Waals surface area contributed by atoms with E-state index in [2.05, 4.69) is 20.8 Å². The fourth-order valence-electron chi connectivity index (χ4n) is 3.91. The van der Waals surface area contributed by atoms with E-state index in [4.69, 9.17) is 13.7 Å². The van der Waals surface area contributed by atoms with E-state index in [0.29, 0.717) is 29.1 Å². The van der Waals surface area contributed by atoms with Crippen molar-refractivity contribution in [3.63, 3.8) is 0 Å². The van der Waals surface area contributed by atoms with Crippen LogP contribution in [-0.4, -0.2) is 62.7 Å². The van der Waals surface area contributed by atoms with E-state index in [0.717, 1.165) is 31.9 Å².